The van der Waals surface area contributed by atoms with Crippen LogP contribution in [0.3, 0.4) is 0 Å². The predicted molar refractivity (Wildman–Crippen MR) is 61.0 cm³/mol. The molecule has 0 fully saturated rings. The van der Waals surface area contributed by atoms with Crippen molar-refractivity contribution in [1.29, 1.82) is 0 Å². The number of carbonyl (C=O) groups is 1. The van der Waals surface area contributed by atoms with Gasteiger partial charge in [0.15, 0.2) is 0 Å². The van der Waals surface area contributed by atoms with E-state index < -0.39 is 0 Å². The number of hydrogen-bond acceptors (Lipinski definition) is 2. The number of rotatable bonds is 2. The standard InChI is InChI=1S/C10H15NO.C2H6/c1-8(12)9-5-4-6-10(7-9)11(2)3;1-2/h4,6-7,9H,5H2,1-3H3;1-2H3. The monoisotopic (exact) mass is 195 g/mol. The molecule has 0 N–H and O–H groups in total. The Morgan fingerprint density at radius 2 is 2.00 bits per heavy atom. The summed E-state index contributed by atoms with van der Waals surface area (Å²) in [6.45, 7) is 5.65. The van der Waals surface area contributed by atoms with Crippen LogP contribution in [-0.4, -0.2) is 24.8 Å². The molecule has 0 bridgehead atoms. The zero-order valence-electron chi connectivity index (χ0n) is 9.87. The molecule has 1 unspecified atom stereocenters. The van der Waals surface area contributed by atoms with Crippen molar-refractivity contribution in [2.24, 2.45) is 5.92 Å². The van der Waals surface area contributed by atoms with Gasteiger partial charge in [-0.2, -0.15) is 0 Å². The van der Waals surface area contributed by atoms with Crippen LogP contribution in [0.1, 0.15) is 27.2 Å². The molecule has 0 aromatic heterocycles. The van der Waals surface area contributed by atoms with E-state index in [1.165, 1.54) is 0 Å². The number of ketones is 1. The van der Waals surface area contributed by atoms with Gasteiger partial charge in [-0.1, -0.05) is 26.0 Å². The fraction of sp³-hybridized carbons (Fsp3) is 0.583. The van der Waals surface area contributed by atoms with Gasteiger partial charge in [0.1, 0.15) is 5.78 Å². The summed E-state index contributed by atoms with van der Waals surface area (Å²) in [4.78, 5) is 13.1. The summed E-state index contributed by atoms with van der Waals surface area (Å²) in [6, 6.07) is 0. The van der Waals surface area contributed by atoms with E-state index >= 15 is 0 Å². The van der Waals surface area contributed by atoms with Crippen molar-refractivity contribution in [2.45, 2.75) is 27.2 Å². The summed E-state index contributed by atoms with van der Waals surface area (Å²) in [6.07, 6.45) is 7.00. The van der Waals surface area contributed by atoms with E-state index in [1.54, 1.807) is 6.92 Å². The molecule has 0 amide bonds. The Balaban J connectivity index is 0.000000791. The van der Waals surface area contributed by atoms with Crippen molar-refractivity contribution >= 4 is 5.78 Å². The molecule has 0 saturated heterocycles. The molecule has 0 saturated carbocycles. The Bertz CT molecular complexity index is 239. The average molecular weight is 195 g/mol. The van der Waals surface area contributed by atoms with Crippen molar-refractivity contribution in [3.8, 4) is 0 Å². The first-order chi connectivity index (χ1) is 6.61. The molecular weight excluding hydrogens is 174 g/mol. The maximum atomic E-state index is 11.1. The Morgan fingerprint density at radius 3 is 2.43 bits per heavy atom. The summed E-state index contributed by atoms with van der Waals surface area (Å²) >= 11 is 0. The van der Waals surface area contributed by atoms with E-state index in [0.717, 1.165) is 12.1 Å². The smallest absolute Gasteiger partial charge is 0.137 e. The first-order valence-electron chi connectivity index (χ1n) is 5.17. The fourth-order valence-corrected chi connectivity index (χ4v) is 1.25. The largest absolute Gasteiger partial charge is 0.378 e. The van der Waals surface area contributed by atoms with Gasteiger partial charge < -0.3 is 4.90 Å². The third kappa shape index (κ3) is 3.77. The van der Waals surface area contributed by atoms with Crippen LogP contribution in [0.5, 0.6) is 0 Å². The van der Waals surface area contributed by atoms with Gasteiger partial charge in [0, 0.05) is 25.7 Å². The summed E-state index contributed by atoms with van der Waals surface area (Å²) in [5.74, 6) is 0.339. The van der Waals surface area contributed by atoms with Gasteiger partial charge in [0.2, 0.25) is 0 Å². The highest BCUT2D eigenvalue weighted by Gasteiger charge is 2.13. The van der Waals surface area contributed by atoms with E-state index in [0.29, 0.717) is 0 Å². The fourth-order valence-electron chi connectivity index (χ4n) is 1.25. The van der Waals surface area contributed by atoms with Crippen molar-refractivity contribution in [3.05, 3.63) is 23.9 Å². The Kier molecular flexibility index (Phi) is 5.93. The lowest BCUT2D eigenvalue weighted by atomic mass is 9.95. The highest BCUT2D eigenvalue weighted by atomic mass is 16.1. The third-order valence-electron chi connectivity index (χ3n) is 2.09. The van der Waals surface area contributed by atoms with Crippen LogP contribution in [0.4, 0.5) is 0 Å². The topological polar surface area (TPSA) is 20.3 Å². The van der Waals surface area contributed by atoms with Crippen molar-refractivity contribution in [1.82, 2.24) is 4.90 Å². The van der Waals surface area contributed by atoms with E-state index in [2.05, 4.69) is 12.2 Å². The first kappa shape index (κ1) is 12.9. The number of Topliss-reactive ketones (excluding diaryl/α,β-unsaturated/α-hetero) is 1. The molecule has 1 aliphatic rings. The molecule has 0 radical (unpaired) electrons. The number of nitrogens with zero attached hydrogens (tertiary/aromatic N) is 1. The van der Waals surface area contributed by atoms with Crippen molar-refractivity contribution in [2.75, 3.05) is 14.1 Å². The van der Waals surface area contributed by atoms with Crippen LogP contribution in [-0.2, 0) is 4.79 Å². The average Bonchev–Trinajstić information content (AvgIpc) is 2.21. The summed E-state index contributed by atoms with van der Waals surface area (Å²) in [5.41, 5.74) is 1.13. The molecule has 2 heteroatoms. The molecule has 2 nitrogen and oxygen atoms in total. The lowest BCUT2D eigenvalue weighted by Gasteiger charge is -2.19. The first-order valence-corrected chi connectivity index (χ1v) is 5.17. The van der Waals surface area contributed by atoms with Crippen molar-refractivity contribution in [3.63, 3.8) is 0 Å². The van der Waals surface area contributed by atoms with Gasteiger partial charge in [0.25, 0.3) is 0 Å². The molecule has 0 heterocycles. The lowest BCUT2D eigenvalue weighted by Crippen LogP contribution is -2.16. The quantitative estimate of drug-likeness (QED) is 0.675. The van der Waals surface area contributed by atoms with Gasteiger partial charge >= 0.3 is 0 Å². The molecule has 0 aliphatic heterocycles. The summed E-state index contributed by atoms with van der Waals surface area (Å²) < 4.78 is 0. The van der Waals surface area contributed by atoms with Gasteiger partial charge in [-0.25, -0.2) is 0 Å². The van der Waals surface area contributed by atoms with E-state index in [9.17, 15) is 4.79 Å². The van der Waals surface area contributed by atoms with Crippen LogP contribution in [0.2, 0.25) is 0 Å². The maximum Gasteiger partial charge on any atom is 0.137 e. The lowest BCUT2D eigenvalue weighted by molar-refractivity contribution is -0.119. The molecule has 14 heavy (non-hydrogen) atoms. The minimum atomic E-state index is 0.0902. The minimum Gasteiger partial charge on any atom is -0.378 e. The second-order valence-corrected chi connectivity index (χ2v) is 3.34. The van der Waals surface area contributed by atoms with Gasteiger partial charge in [-0.15, -0.1) is 0 Å². The normalized spacial score (nSPS) is 19.2. The van der Waals surface area contributed by atoms with Crippen LogP contribution < -0.4 is 0 Å². The van der Waals surface area contributed by atoms with Gasteiger partial charge in [0.05, 0.1) is 0 Å². The Labute approximate surface area is 87.3 Å². The molecule has 0 spiro atoms. The highest BCUT2D eigenvalue weighted by molar-refractivity contribution is 5.80. The molecule has 80 valence electrons. The van der Waals surface area contributed by atoms with E-state index in [4.69, 9.17) is 0 Å². The zero-order chi connectivity index (χ0) is 11.1. The molecular formula is C12H21NO. The SMILES string of the molecule is CC.CC(=O)C1C=C(N(C)C)C=CC1. The molecule has 0 aromatic carbocycles. The van der Waals surface area contributed by atoms with E-state index in [-0.39, 0.29) is 11.7 Å². The maximum absolute atomic E-state index is 11.1. The second kappa shape index (κ2) is 6.41. The van der Waals surface area contributed by atoms with Crippen molar-refractivity contribution < 1.29 is 4.79 Å². The Hall–Kier alpha value is -1.05. The molecule has 1 atom stereocenters. The third-order valence-corrected chi connectivity index (χ3v) is 2.09. The van der Waals surface area contributed by atoms with Crippen LogP contribution >= 0.6 is 0 Å². The number of allylic oxidation sites excluding steroid dienone is 3. The van der Waals surface area contributed by atoms with E-state index in [1.807, 2.05) is 38.9 Å². The molecule has 1 rings (SSSR count). The number of carbonyl (C=O) groups excluding carboxylic acids is 1. The number of likely N-dealkylation sites (N-methyl/N-ethyl adjacent to an activating group) is 1. The zero-order valence-corrected chi connectivity index (χ0v) is 9.87. The number of hydrogen-bond donors (Lipinski definition) is 0. The highest BCUT2D eigenvalue weighted by Crippen LogP contribution is 2.18. The van der Waals surface area contributed by atoms with Crippen LogP contribution in [0.15, 0.2) is 23.9 Å². The van der Waals surface area contributed by atoms with Gasteiger partial charge in [-0.05, 0) is 19.4 Å². The molecule has 1 aliphatic carbocycles. The predicted octanol–water partition coefficient (Wildman–Crippen LogP) is 2.62. The summed E-state index contributed by atoms with van der Waals surface area (Å²) in [7, 11) is 3.97. The Morgan fingerprint density at radius 1 is 1.43 bits per heavy atom. The molecule has 0 aromatic rings. The van der Waals surface area contributed by atoms with Crippen LogP contribution in [0.25, 0.3) is 0 Å². The van der Waals surface area contributed by atoms with Crippen LogP contribution in [0, 0.1) is 5.92 Å². The summed E-state index contributed by atoms with van der Waals surface area (Å²) in [5, 5.41) is 0. The van der Waals surface area contributed by atoms with Gasteiger partial charge in [-0.3, -0.25) is 4.79 Å². The second-order valence-electron chi connectivity index (χ2n) is 3.34. The minimum absolute atomic E-state index is 0.0902.